The molecular weight excluding hydrogens is 246 g/mol. The molecule has 0 bridgehead atoms. The normalized spacial score (nSPS) is 18.1. The van der Waals surface area contributed by atoms with Crippen molar-refractivity contribution in [3.63, 3.8) is 0 Å². The smallest absolute Gasteiger partial charge is 0.220 e. The van der Waals surface area contributed by atoms with Crippen molar-refractivity contribution in [2.75, 3.05) is 21.3 Å². The van der Waals surface area contributed by atoms with Gasteiger partial charge >= 0.3 is 0 Å². The second-order valence-corrected chi connectivity index (χ2v) is 4.53. The van der Waals surface area contributed by atoms with E-state index in [2.05, 4.69) is 5.32 Å². The summed E-state index contributed by atoms with van der Waals surface area (Å²) in [5, 5.41) is 2.95. The Morgan fingerprint density at radius 1 is 1.11 bits per heavy atom. The number of benzene rings is 1. The van der Waals surface area contributed by atoms with Crippen LogP contribution in [-0.2, 0) is 11.2 Å². The SMILES string of the molecule is COc1cc(OC)c(OC)cc1CC1CCC(=O)N1. The summed E-state index contributed by atoms with van der Waals surface area (Å²) in [5.74, 6) is 2.17. The molecule has 1 atom stereocenters. The Balaban J connectivity index is 2.25. The highest BCUT2D eigenvalue weighted by Crippen LogP contribution is 2.35. The fourth-order valence-electron chi connectivity index (χ4n) is 2.35. The Labute approximate surface area is 112 Å². The predicted molar refractivity (Wildman–Crippen MR) is 71.0 cm³/mol. The lowest BCUT2D eigenvalue weighted by atomic mass is 10.0. The molecule has 19 heavy (non-hydrogen) atoms. The van der Waals surface area contributed by atoms with Crippen LogP contribution in [0.4, 0.5) is 0 Å². The van der Waals surface area contributed by atoms with Gasteiger partial charge in [0.2, 0.25) is 5.91 Å². The minimum absolute atomic E-state index is 0.115. The topological polar surface area (TPSA) is 56.8 Å². The molecule has 2 rings (SSSR count). The first-order chi connectivity index (χ1) is 9.17. The van der Waals surface area contributed by atoms with E-state index in [0.717, 1.165) is 24.2 Å². The first-order valence-corrected chi connectivity index (χ1v) is 6.26. The zero-order chi connectivity index (χ0) is 13.8. The number of hydrogen-bond donors (Lipinski definition) is 1. The second-order valence-electron chi connectivity index (χ2n) is 4.53. The molecule has 0 saturated carbocycles. The summed E-state index contributed by atoms with van der Waals surface area (Å²) in [5.41, 5.74) is 1.01. The monoisotopic (exact) mass is 265 g/mol. The molecule has 1 amide bonds. The molecule has 1 aromatic carbocycles. The summed E-state index contributed by atoms with van der Waals surface area (Å²) in [6.45, 7) is 0. The molecule has 0 aromatic heterocycles. The molecule has 1 aromatic rings. The van der Waals surface area contributed by atoms with Gasteiger partial charge in [0.1, 0.15) is 5.75 Å². The summed E-state index contributed by atoms with van der Waals surface area (Å²) in [7, 11) is 4.82. The molecule has 0 spiro atoms. The predicted octanol–water partition coefficient (Wildman–Crippen LogP) is 1.53. The zero-order valence-corrected chi connectivity index (χ0v) is 11.5. The van der Waals surface area contributed by atoms with E-state index in [4.69, 9.17) is 14.2 Å². The summed E-state index contributed by atoms with van der Waals surface area (Å²) >= 11 is 0. The van der Waals surface area contributed by atoms with Gasteiger partial charge < -0.3 is 19.5 Å². The van der Waals surface area contributed by atoms with Crippen LogP contribution in [0.15, 0.2) is 12.1 Å². The summed E-state index contributed by atoms with van der Waals surface area (Å²) in [6, 6.07) is 3.88. The number of nitrogens with one attached hydrogen (secondary N) is 1. The Morgan fingerprint density at radius 3 is 2.26 bits per heavy atom. The van der Waals surface area contributed by atoms with Crippen molar-refractivity contribution in [2.24, 2.45) is 0 Å². The van der Waals surface area contributed by atoms with Gasteiger partial charge in [-0.2, -0.15) is 0 Å². The standard InChI is InChI=1S/C14H19NO4/c1-17-11-8-13(19-3)12(18-2)7-9(11)6-10-4-5-14(16)15-10/h7-8,10H,4-6H2,1-3H3,(H,15,16). The van der Waals surface area contributed by atoms with E-state index in [0.29, 0.717) is 17.9 Å². The van der Waals surface area contributed by atoms with Crippen molar-refractivity contribution in [3.8, 4) is 17.2 Å². The van der Waals surface area contributed by atoms with Crippen molar-refractivity contribution >= 4 is 5.91 Å². The van der Waals surface area contributed by atoms with Crippen LogP contribution >= 0.6 is 0 Å². The van der Waals surface area contributed by atoms with Crippen molar-refractivity contribution in [3.05, 3.63) is 17.7 Å². The third kappa shape index (κ3) is 2.92. The van der Waals surface area contributed by atoms with E-state index in [1.54, 1.807) is 21.3 Å². The average molecular weight is 265 g/mol. The van der Waals surface area contributed by atoms with Crippen LogP contribution in [0.1, 0.15) is 18.4 Å². The molecule has 1 N–H and O–H groups in total. The van der Waals surface area contributed by atoms with Crippen LogP contribution in [0.3, 0.4) is 0 Å². The lowest BCUT2D eigenvalue weighted by molar-refractivity contribution is -0.119. The highest BCUT2D eigenvalue weighted by molar-refractivity contribution is 5.78. The lowest BCUT2D eigenvalue weighted by Gasteiger charge is -2.16. The van der Waals surface area contributed by atoms with E-state index >= 15 is 0 Å². The van der Waals surface area contributed by atoms with Crippen LogP contribution < -0.4 is 19.5 Å². The number of rotatable bonds is 5. The summed E-state index contributed by atoms with van der Waals surface area (Å²) in [4.78, 5) is 11.2. The fraction of sp³-hybridized carbons (Fsp3) is 0.500. The van der Waals surface area contributed by atoms with E-state index in [-0.39, 0.29) is 11.9 Å². The third-order valence-corrected chi connectivity index (χ3v) is 3.34. The third-order valence-electron chi connectivity index (χ3n) is 3.34. The number of carbonyl (C=O) groups excluding carboxylic acids is 1. The van der Waals surface area contributed by atoms with Gasteiger partial charge in [0.25, 0.3) is 0 Å². The molecule has 1 heterocycles. The Kier molecular flexibility index (Phi) is 4.14. The molecule has 1 fully saturated rings. The van der Waals surface area contributed by atoms with Gasteiger partial charge in [0.15, 0.2) is 11.5 Å². The molecule has 1 unspecified atom stereocenters. The summed E-state index contributed by atoms with van der Waals surface area (Å²) < 4.78 is 15.9. The van der Waals surface area contributed by atoms with Crippen LogP contribution in [0.5, 0.6) is 17.2 Å². The first kappa shape index (κ1) is 13.5. The molecular formula is C14H19NO4. The molecule has 1 aliphatic heterocycles. The highest BCUT2D eigenvalue weighted by atomic mass is 16.5. The average Bonchev–Trinajstić information content (AvgIpc) is 2.83. The van der Waals surface area contributed by atoms with Gasteiger partial charge in [-0.3, -0.25) is 4.79 Å². The second kappa shape index (κ2) is 5.82. The lowest BCUT2D eigenvalue weighted by Crippen LogP contribution is -2.27. The van der Waals surface area contributed by atoms with E-state index in [1.807, 2.05) is 12.1 Å². The zero-order valence-electron chi connectivity index (χ0n) is 11.5. The number of methoxy groups -OCH3 is 3. The highest BCUT2D eigenvalue weighted by Gasteiger charge is 2.23. The van der Waals surface area contributed by atoms with Gasteiger partial charge in [0, 0.05) is 24.1 Å². The van der Waals surface area contributed by atoms with Gasteiger partial charge in [0.05, 0.1) is 21.3 Å². The summed E-state index contributed by atoms with van der Waals surface area (Å²) in [6.07, 6.45) is 2.19. The van der Waals surface area contributed by atoms with Crippen molar-refractivity contribution in [1.29, 1.82) is 0 Å². The minimum atomic E-state index is 0.115. The number of hydrogen-bond acceptors (Lipinski definition) is 4. The van der Waals surface area contributed by atoms with E-state index in [1.165, 1.54) is 0 Å². The molecule has 104 valence electrons. The molecule has 1 aliphatic rings. The maximum absolute atomic E-state index is 11.2. The van der Waals surface area contributed by atoms with Crippen LogP contribution in [0.25, 0.3) is 0 Å². The number of carbonyl (C=O) groups is 1. The van der Waals surface area contributed by atoms with E-state index < -0.39 is 0 Å². The van der Waals surface area contributed by atoms with E-state index in [9.17, 15) is 4.79 Å². The van der Waals surface area contributed by atoms with Crippen molar-refractivity contribution < 1.29 is 19.0 Å². The van der Waals surface area contributed by atoms with Crippen LogP contribution in [0.2, 0.25) is 0 Å². The van der Waals surface area contributed by atoms with Gasteiger partial charge in [-0.1, -0.05) is 0 Å². The molecule has 0 radical (unpaired) electrons. The minimum Gasteiger partial charge on any atom is -0.496 e. The first-order valence-electron chi connectivity index (χ1n) is 6.26. The Hall–Kier alpha value is -1.91. The molecule has 5 nitrogen and oxygen atoms in total. The molecule has 0 aliphatic carbocycles. The Morgan fingerprint density at radius 2 is 1.74 bits per heavy atom. The van der Waals surface area contributed by atoms with Gasteiger partial charge in [-0.25, -0.2) is 0 Å². The maximum atomic E-state index is 11.2. The Bertz CT molecular complexity index is 473. The van der Waals surface area contributed by atoms with Crippen LogP contribution in [-0.4, -0.2) is 33.3 Å². The quantitative estimate of drug-likeness (QED) is 0.877. The van der Waals surface area contributed by atoms with Crippen molar-refractivity contribution in [1.82, 2.24) is 5.32 Å². The number of ether oxygens (including phenoxy) is 3. The van der Waals surface area contributed by atoms with Crippen LogP contribution in [0, 0.1) is 0 Å². The van der Waals surface area contributed by atoms with Gasteiger partial charge in [-0.05, 0) is 18.9 Å². The molecule has 5 heteroatoms. The molecule has 1 saturated heterocycles. The maximum Gasteiger partial charge on any atom is 0.220 e. The number of amides is 1. The largest absolute Gasteiger partial charge is 0.496 e. The van der Waals surface area contributed by atoms with Gasteiger partial charge in [-0.15, -0.1) is 0 Å². The van der Waals surface area contributed by atoms with Crippen molar-refractivity contribution in [2.45, 2.75) is 25.3 Å². The fourth-order valence-corrected chi connectivity index (χ4v) is 2.35.